The first-order chi connectivity index (χ1) is 12.6. The van der Waals surface area contributed by atoms with Crippen molar-refractivity contribution in [1.82, 2.24) is 15.5 Å². The summed E-state index contributed by atoms with van der Waals surface area (Å²) in [5.74, 6) is -0.978. The number of hydrogen-bond donors (Lipinski definition) is 5. The Morgan fingerprint density at radius 2 is 1.77 bits per heavy atom. The van der Waals surface area contributed by atoms with Crippen molar-refractivity contribution in [3.63, 3.8) is 0 Å². The second-order valence-electron chi connectivity index (χ2n) is 5.85. The van der Waals surface area contributed by atoms with Crippen LogP contribution in [0.25, 0.3) is 11.1 Å². The third kappa shape index (κ3) is 3.90. The van der Waals surface area contributed by atoms with Gasteiger partial charge >= 0.3 is 5.97 Å². The Kier molecular flexibility index (Phi) is 5.31. The molecule has 0 aliphatic rings. The number of aromatic carboxylic acids is 1. The maximum atomic E-state index is 11.0. The predicted molar refractivity (Wildman–Crippen MR) is 98.9 cm³/mol. The quantitative estimate of drug-likeness (QED) is 0.418. The fourth-order valence-corrected chi connectivity index (χ4v) is 2.76. The first-order valence-corrected chi connectivity index (χ1v) is 8.13. The lowest BCUT2D eigenvalue weighted by molar-refractivity contribution is 0.0697. The van der Waals surface area contributed by atoms with Gasteiger partial charge in [-0.2, -0.15) is 5.10 Å². The molecule has 3 rings (SSSR count). The normalized spacial score (nSPS) is 13.2. The summed E-state index contributed by atoms with van der Waals surface area (Å²) in [6.07, 6.45) is 2.67. The highest BCUT2D eigenvalue weighted by molar-refractivity contribution is 5.87. The van der Waals surface area contributed by atoms with E-state index in [-0.39, 0.29) is 5.56 Å². The van der Waals surface area contributed by atoms with E-state index >= 15 is 0 Å². The average Bonchev–Trinajstić information content (AvgIpc) is 3.18. The highest BCUT2D eigenvalue weighted by Gasteiger charge is 2.19. The number of aromatic nitrogens is 2. The van der Waals surface area contributed by atoms with Crippen LogP contribution in [0.1, 0.15) is 22.0 Å². The molecular weight excluding hydrogens is 332 g/mol. The first kappa shape index (κ1) is 17.7. The van der Waals surface area contributed by atoms with Crippen LogP contribution in [0.4, 0.5) is 5.69 Å². The van der Waals surface area contributed by atoms with Crippen molar-refractivity contribution in [3.8, 4) is 11.1 Å². The van der Waals surface area contributed by atoms with E-state index in [1.165, 1.54) is 12.1 Å². The molecule has 0 fully saturated rings. The van der Waals surface area contributed by atoms with E-state index in [2.05, 4.69) is 20.8 Å². The summed E-state index contributed by atoms with van der Waals surface area (Å²) in [5, 5.41) is 32.3. The number of hydrogen-bond acceptors (Lipinski definition) is 5. The number of carboxylic acids is 1. The molecule has 26 heavy (non-hydrogen) atoms. The zero-order valence-electron chi connectivity index (χ0n) is 14.2. The van der Waals surface area contributed by atoms with Crippen molar-refractivity contribution in [3.05, 3.63) is 72.1 Å². The van der Waals surface area contributed by atoms with Crippen LogP contribution in [0.15, 0.2) is 60.9 Å². The molecule has 7 heteroatoms. The third-order valence-corrected chi connectivity index (χ3v) is 4.17. The van der Waals surface area contributed by atoms with Crippen LogP contribution in [0.5, 0.6) is 0 Å². The molecule has 0 aliphatic carbocycles. The van der Waals surface area contributed by atoms with Gasteiger partial charge in [0, 0.05) is 17.4 Å². The largest absolute Gasteiger partial charge is 0.478 e. The van der Waals surface area contributed by atoms with Crippen molar-refractivity contribution in [2.45, 2.75) is 12.3 Å². The summed E-state index contributed by atoms with van der Waals surface area (Å²) in [4.78, 5) is 11.0. The molecule has 0 saturated heterocycles. The molecule has 5 N–H and O–H groups in total. The fraction of sp³-hybridized carbons (Fsp3) is 0.158. The van der Waals surface area contributed by atoms with E-state index < -0.39 is 18.2 Å². The summed E-state index contributed by atoms with van der Waals surface area (Å²) < 4.78 is 0. The lowest BCUT2D eigenvalue weighted by atomic mass is 10.0. The summed E-state index contributed by atoms with van der Waals surface area (Å²) in [5.41, 5.74) is 3.78. The van der Waals surface area contributed by atoms with Gasteiger partial charge in [-0.05, 0) is 42.4 Å². The molecule has 2 unspecified atom stereocenters. The van der Waals surface area contributed by atoms with E-state index in [1.54, 1.807) is 25.4 Å². The summed E-state index contributed by atoms with van der Waals surface area (Å²) >= 11 is 0. The number of aromatic amines is 1. The monoisotopic (exact) mass is 352 g/mol. The summed E-state index contributed by atoms with van der Waals surface area (Å²) in [6, 6.07) is 13.7. The van der Waals surface area contributed by atoms with Crippen LogP contribution in [0, 0.1) is 0 Å². The van der Waals surface area contributed by atoms with Gasteiger partial charge in [0.2, 0.25) is 0 Å². The highest BCUT2D eigenvalue weighted by atomic mass is 16.4. The number of carbonyl (C=O) groups is 1. The minimum absolute atomic E-state index is 0.209. The van der Waals surface area contributed by atoms with E-state index in [0.29, 0.717) is 0 Å². The van der Waals surface area contributed by atoms with Gasteiger partial charge in [-0.15, -0.1) is 0 Å². The zero-order valence-corrected chi connectivity index (χ0v) is 14.2. The molecule has 3 aromatic rings. The lowest BCUT2D eigenvalue weighted by Gasteiger charge is -2.25. The number of likely N-dealkylation sites (N-methyl/N-ethyl adjacent to an activating group) is 1. The molecule has 134 valence electrons. The van der Waals surface area contributed by atoms with Crippen molar-refractivity contribution in [2.24, 2.45) is 0 Å². The Labute approximate surface area is 150 Å². The molecule has 0 spiro atoms. The number of H-pyrrole nitrogens is 1. The Balaban J connectivity index is 1.70. The second kappa shape index (κ2) is 7.81. The molecule has 0 amide bonds. The second-order valence-corrected chi connectivity index (χ2v) is 5.85. The molecule has 0 bridgehead atoms. The summed E-state index contributed by atoms with van der Waals surface area (Å²) in [7, 11) is 1.74. The predicted octanol–water partition coefficient (Wildman–Crippen LogP) is 2.47. The molecule has 0 aliphatic heterocycles. The maximum absolute atomic E-state index is 11.0. The average molecular weight is 352 g/mol. The van der Waals surface area contributed by atoms with Crippen molar-refractivity contribution < 1.29 is 15.0 Å². The van der Waals surface area contributed by atoms with Crippen LogP contribution in [-0.4, -0.2) is 39.7 Å². The minimum atomic E-state index is -0.978. The van der Waals surface area contributed by atoms with Crippen LogP contribution in [0.3, 0.4) is 0 Å². The number of aliphatic hydroxyl groups is 1. The SMILES string of the molecule is CNC(c1ccc(C(=O)O)cc1)C(O)Nc1ccc(-c2cn[nH]c2)cc1. The van der Waals surface area contributed by atoms with Gasteiger partial charge in [0.25, 0.3) is 0 Å². The number of anilines is 1. The van der Waals surface area contributed by atoms with Gasteiger partial charge in [0.1, 0.15) is 6.23 Å². The van der Waals surface area contributed by atoms with Crippen LogP contribution in [-0.2, 0) is 0 Å². The van der Waals surface area contributed by atoms with Crippen LogP contribution in [0.2, 0.25) is 0 Å². The minimum Gasteiger partial charge on any atom is -0.478 e. The molecular formula is C19H20N4O3. The van der Waals surface area contributed by atoms with E-state index in [0.717, 1.165) is 22.4 Å². The van der Waals surface area contributed by atoms with Gasteiger partial charge in [-0.25, -0.2) is 4.79 Å². The lowest BCUT2D eigenvalue weighted by Crippen LogP contribution is -2.35. The van der Waals surface area contributed by atoms with Crippen molar-refractivity contribution >= 4 is 11.7 Å². The Hall–Kier alpha value is -3.16. The molecule has 2 atom stereocenters. The number of rotatable bonds is 7. The molecule has 1 aromatic heterocycles. The van der Waals surface area contributed by atoms with E-state index in [4.69, 9.17) is 5.11 Å². The topological polar surface area (TPSA) is 110 Å². The molecule has 2 aromatic carbocycles. The van der Waals surface area contributed by atoms with Gasteiger partial charge in [0.15, 0.2) is 0 Å². The van der Waals surface area contributed by atoms with Gasteiger partial charge in [-0.3, -0.25) is 5.10 Å². The molecule has 0 saturated carbocycles. The molecule has 1 heterocycles. The highest BCUT2D eigenvalue weighted by Crippen LogP contribution is 2.23. The first-order valence-electron chi connectivity index (χ1n) is 8.13. The van der Waals surface area contributed by atoms with E-state index in [1.807, 2.05) is 30.5 Å². The van der Waals surface area contributed by atoms with Crippen molar-refractivity contribution in [2.75, 3.05) is 12.4 Å². The third-order valence-electron chi connectivity index (χ3n) is 4.17. The van der Waals surface area contributed by atoms with Crippen LogP contribution < -0.4 is 10.6 Å². The van der Waals surface area contributed by atoms with Gasteiger partial charge in [0.05, 0.1) is 17.8 Å². The Morgan fingerprint density at radius 3 is 2.31 bits per heavy atom. The number of nitrogens with one attached hydrogen (secondary N) is 3. The maximum Gasteiger partial charge on any atom is 0.335 e. The smallest absolute Gasteiger partial charge is 0.335 e. The Bertz CT molecular complexity index is 846. The Morgan fingerprint density at radius 1 is 1.08 bits per heavy atom. The van der Waals surface area contributed by atoms with Gasteiger partial charge in [-0.1, -0.05) is 24.3 Å². The number of nitrogens with zero attached hydrogens (tertiary/aromatic N) is 1. The number of aliphatic hydroxyl groups excluding tert-OH is 1. The van der Waals surface area contributed by atoms with Crippen LogP contribution >= 0.6 is 0 Å². The molecule has 0 radical (unpaired) electrons. The number of benzene rings is 2. The van der Waals surface area contributed by atoms with Crippen molar-refractivity contribution in [1.29, 1.82) is 0 Å². The molecule has 7 nitrogen and oxygen atoms in total. The zero-order chi connectivity index (χ0) is 18.5. The van der Waals surface area contributed by atoms with E-state index in [9.17, 15) is 9.90 Å². The fourth-order valence-electron chi connectivity index (χ4n) is 2.76. The standard InChI is InChI=1S/C19H20N4O3/c1-20-17(13-2-4-14(5-3-13)19(25)26)18(24)23-16-8-6-12(7-9-16)15-10-21-22-11-15/h2-11,17-18,20,23-24H,1H3,(H,21,22)(H,25,26). The van der Waals surface area contributed by atoms with Gasteiger partial charge < -0.3 is 20.8 Å². The number of carboxylic acid groups (broad SMARTS) is 1. The summed E-state index contributed by atoms with van der Waals surface area (Å²) in [6.45, 7) is 0.